The molecular formula is C9H17NO2. The van der Waals surface area contributed by atoms with Gasteiger partial charge >= 0.3 is 6.09 Å². The highest BCUT2D eigenvalue weighted by molar-refractivity contribution is 5.68. The zero-order chi connectivity index (χ0) is 9.19. The molecule has 1 aliphatic rings. The fourth-order valence-electron chi connectivity index (χ4n) is 0.868. The van der Waals surface area contributed by atoms with Gasteiger partial charge in [-0.1, -0.05) is 20.8 Å². The van der Waals surface area contributed by atoms with Crippen molar-refractivity contribution in [2.75, 3.05) is 19.7 Å². The Morgan fingerprint density at radius 1 is 1.42 bits per heavy atom. The molecule has 0 N–H and O–H groups in total. The highest BCUT2D eigenvalue weighted by Gasteiger charge is 2.23. The summed E-state index contributed by atoms with van der Waals surface area (Å²) in [6, 6.07) is 0. The van der Waals surface area contributed by atoms with E-state index in [4.69, 9.17) is 4.74 Å². The molecule has 1 heterocycles. The molecule has 1 saturated heterocycles. The summed E-state index contributed by atoms with van der Waals surface area (Å²) < 4.78 is 5.10. The molecule has 0 aromatic carbocycles. The van der Waals surface area contributed by atoms with Crippen LogP contribution in [-0.2, 0) is 4.74 Å². The number of hydrogen-bond acceptors (Lipinski definition) is 2. The van der Waals surface area contributed by atoms with Gasteiger partial charge in [0, 0.05) is 13.1 Å². The molecule has 0 radical (unpaired) electrons. The maximum Gasteiger partial charge on any atom is 0.409 e. The first-order chi connectivity index (χ1) is 5.49. The molecule has 1 amide bonds. The largest absolute Gasteiger partial charge is 0.449 e. The summed E-state index contributed by atoms with van der Waals surface area (Å²) in [6.07, 6.45) is 0.959. The van der Waals surface area contributed by atoms with Crippen molar-refractivity contribution in [3.8, 4) is 0 Å². The van der Waals surface area contributed by atoms with Gasteiger partial charge in [0.15, 0.2) is 0 Å². The summed E-state index contributed by atoms with van der Waals surface area (Å²) in [6.45, 7) is 8.39. The summed E-state index contributed by atoms with van der Waals surface area (Å²) in [5.74, 6) is 0. The lowest BCUT2D eigenvalue weighted by atomic mass is 9.99. The van der Waals surface area contributed by atoms with Crippen LogP contribution in [0.1, 0.15) is 27.2 Å². The molecule has 3 nitrogen and oxygen atoms in total. The standard InChI is InChI=1S/C9H17NO2/c1-9(2,3)7-12-8(11)10-5-4-6-10/h4-7H2,1-3H3. The van der Waals surface area contributed by atoms with Gasteiger partial charge in [-0.3, -0.25) is 0 Å². The summed E-state index contributed by atoms with van der Waals surface area (Å²) >= 11 is 0. The Bertz CT molecular complexity index is 168. The van der Waals surface area contributed by atoms with Gasteiger partial charge in [-0.15, -0.1) is 0 Å². The first kappa shape index (κ1) is 9.36. The Balaban J connectivity index is 2.18. The van der Waals surface area contributed by atoms with E-state index in [2.05, 4.69) is 20.8 Å². The monoisotopic (exact) mass is 171 g/mol. The molecule has 1 fully saturated rings. The first-order valence-electron chi connectivity index (χ1n) is 4.41. The van der Waals surface area contributed by atoms with Crippen LogP contribution >= 0.6 is 0 Å². The fraction of sp³-hybridized carbons (Fsp3) is 0.889. The van der Waals surface area contributed by atoms with E-state index in [1.165, 1.54) is 0 Å². The van der Waals surface area contributed by atoms with E-state index in [9.17, 15) is 4.79 Å². The number of likely N-dealkylation sites (tertiary alicyclic amines) is 1. The molecule has 70 valence electrons. The quantitative estimate of drug-likeness (QED) is 0.602. The number of ether oxygens (including phenoxy) is 1. The highest BCUT2D eigenvalue weighted by Crippen LogP contribution is 2.15. The van der Waals surface area contributed by atoms with Crippen LogP contribution in [0.25, 0.3) is 0 Å². The van der Waals surface area contributed by atoms with Gasteiger partial charge in [0.05, 0.1) is 6.61 Å². The molecule has 0 spiro atoms. The number of rotatable bonds is 1. The van der Waals surface area contributed by atoms with E-state index in [1.807, 2.05) is 0 Å². The van der Waals surface area contributed by atoms with Crippen molar-refractivity contribution in [3.63, 3.8) is 0 Å². The van der Waals surface area contributed by atoms with Crippen molar-refractivity contribution in [3.05, 3.63) is 0 Å². The van der Waals surface area contributed by atoms with Crippen molar-refractivity contribution < 1.29 is 9.53 Å². The minimum absolute atomic E-state index is 0.0700. The van der Waals surface area contributed by atoms with Gasteiger partial charge in [-0.05, 0) is 11.8 Å². The molecule has 1 aliphatic heterocycles. The molecule has 0 aliphatic carbocycles. The normalized spacial score (nSPS) is 17.1. The maximum atomic E-state index is 11.2. The molecule has 0 aromatic heterocycles. The van der Waals surface area contributed by atoms with Crippen molar-refractivity contribution in [2.45, 2.75) is 27.2 Å². The Labute approximate surface area is 73.7 Å². The third-order valence-electron chi connectivity index (χ3n) is 1.74. The van der Waals surface area contributed by atoms with E-state index < -0.39 is 0 Å². The second-order valence-electron chi connectivity index (χ2n) is 4.46. The fourth-order valence-corrected chi connectivity index (χ4v) is 0.868. The van der Waals surface area contributed by atoms with Gasteiger partial charge in [0.2, 0.25) is 0 Å². The van der Waals surface area contributed by atoms with E-state index >= 15 is 0 Å². The van der Waals surface area contributed by atoms with Gasteiger partial charge in [-0.2, -0.15) is 0 Å². The summed E-state index contributed by atoms with van der Waals surface area (Å²) in [7, 11) is 0. The van der Waals surface area contributed by atoms with E-state index in [1.54, 1.807) is 4.90 Å². The zero-order valence-corrected chi connectivity index (χ0v) is 8.09. The molecule has 0 saturated carbocycles. The molecule has 0 aromatic rings. The number of amides is 1. The van der Waals surface area contributed by atoms with Crippen LogP contribution in [0.15, 0.2) is 0 Å². The zero-order valence-electron chi connectivity index (χ0n) is 8.09. The van der Waals surface area contributed by atoms with Crippen LogP contribution in [0, 0.1) is 5.41 Å². The third-order valence-corrected chi connectivity index (χ3v) is 1.74. The predicted octanol–water partition coefficient (Wildman–Crippen LogP) is 1.87. The van der Waals surface area contributed by atoms with E-state index in [0.29, 0.717) is 6.61 Å². The average molecular weight is 171 g/mol. The van der Waals surface area contributed by atoms with Crippen LogP contribution in [0.3, 0.4) is 0 Å². The smallest absolute Gasteiger partial charge is 0.409 e. The Hall–Kier alpha value is -0.730. The Kier molecular flexibility index (Phi) is 2.60. The summed E-state index contributed by atoms with van der Waals surface area (Å²) in [5, 5.41) is 0. The predicted molar refractivity (Wildman–Crippen MR) is 47.0 cm³/mol. The SMILES string of the molecule is CC(C)(C)COC(=O)N1CCC1. The molecule has 3 heteroatoms. The molecule has 12 heavy (non-hydrogen) atoms. The lowest BCUT2D eigenvalue weighted by molar-refractivity contribution is 0.0560. The van der Waals surface area contributed by atoms with Crippen molar-refractivity contribution in [1.82, 2.24) is 4.90 Å². The number of carbonyl (C=O) groups excluding carboxylic acids is 1. The molecule has 0 unspecified atom stereocenters. The molecular weight excluding hydrogens is 154 g/mol. The van der Waals surface area contributed by atoms with Crippen LogP contribution in [0.2, 0.25) is 0 Å². The van der Waals surface area contributed by atoms with Crippen molar-refractivity contribution in [1.29, 1.82) is 0 Å². The molecule has 1 rings (SSSR count). The lowest BCUT2D eigenvalue weighted by Crippen LogP contribution is -2.43. The van der Waals surface area contributed by atoms with E-state index in [0.717, 1.165) is 19.5 Å². The number of hydrogen-bond donors (Lipinski definition) is 0. The van der Waals surface area contributed by atoms with Crippen molar-refractivity contribution in [2.24, 2.45) is 5.41 Å². The van der Waals surface area contributed by atoms with Gasteiger partial charge in [-0.25, -0.2) is 4.79 Å². The van der Waals surface area contributed by atoms with Crippen LogP contribution in [0.4, 0.5) is 4.79 Å². The van der Waals surface area contributed by atoms with Gasteiger partial charge < -0.3 is 9.64 Å². The van der Waals surface area contributed by atoms with Gasteiger partial charge in [0.1, 0.15) is 0 Å². The third kappa shape index (κ3) is 2.72. The van der Waals surface area contributed by atoms with E-state index in [-0.39, 0.29) is 11.5 Å². The number of nitrogens with zero attached hydrogens (tertiary/aromatic N) is 1. The second kappa shape index (κ2) is 3.33. The maximum absolute atomic E-state index is 11.2. The minimum atomic E-state index is -0.156. The average Bonchev–Trinajstić information content (AvgIpc) is 1.78. The molecule has 0 atom stereocenters. The lowest BCUT2D eigenvalue weighted by Gasteiger charge is -2.31. The molecule has 0 bridgehead atoms. The number of carbonyl (C=O) groups is 1. The topological polar surface area (TPSA) is 29.5 Å². The highest BCUT2D eigenvalue weighted by atomic mass is 16.6. The Morgan fingerprint density at radius 2 is 2.00 bits per heavy atom. The first-order valence-corrected chi connectivity index (χ1v) is 4.41. The summed E-state index contributed by atoms with van der Waals surface area (Å²) in [4.78, 5) is 12.9. The Morgan fingerprint density at radius 3 is 2.33 bits per heavy atom. The van der Waals surface area contributed by atoms with Crippen LogP contribution in [-0.4, -0.2) is 30.7 Å². The second-order valence-corrected chi connectivity index (χ2v) is 4.46. The minimum Gasteiger partial charge on any atom is -0.449 e. The summed E-state index contributed by atoms with van der Waals surface area (Å²) in [5.41, 5.74) is 0.0700. The van der Waals surface area contributed by atoms with Crippen molar-refractivity contribution >= 4 is 6.09 Å². The van der Waals surface area contributed by atoms with Crippen LogP contribution in [0.5, 0.6) is 0 Å². The van der Waals surface area contributed by atoms with Crippen LogP contribution < -0.4 is 0 Å². The van der Waals surface area contributed by atoms with Gasteiger partial charge in [0.25, 0.3) is 0 Å².